The van der Waals surface area contributed by atoms with Gasteiger partial charge in [-0.2, -0.15) is 5.10 Å². The fourth-order valence-electron chi connectivity index (χ4n) is 6.18. The van der Waals surface area contributed by atoms with Crippen molar-refractivity contribution >= 4 is 45.3 Å². The Balaban J connectivity index is 0.865. The average molecular weight is 666 g/mol. The first-order chi connectivity index (χ1) is 23.3. The van der Waals surface area contributed by atoms with Gasteiger partial charge in [-0.05, 0) is 69.0 Å². The maximum absolute atomic E-state index is 13.6. The van der Waals surface area contributed by atoms with Gasteiger partial charge in [0.1, 0.15) is 23.1 Å². The van der Waals surface area contributed by atoms with Crippen LogP contribution in [0, 0.1) is 5.41 Å². The molecule has 8 rings (SSSR count). The van der Waals surface area contributed by atoms with Crippen molar-refractivity contribution in [2.45, 2.75) is 38.7 Å². The van der Waals surface area contributed by atoms with Gasteiger partial charge in [-0.15, -0.1) is 15.3 Å². The van der Waals surface area contributed by atoms with Crippen molar-refractivity contribution in [3.63, 3.8) is 0 Å². The van der Waals surface area contributed by atoms with Crippen LogP contribution in [-0.4, -0.2) is 101 Å². The van der Waals surface area contributed by atoms with Crippen LogP contribution in [0.4, 0.5) is 5.69 Å². The van der Waals surface area contributed by atoms with Gasteiger partial charge in [0.2, 0.25) is 23.5 Å². The summed E-state index contributed by atoms with van der Waals surface area (Å²) in [4.78, 5) is 39.5. The van der Waals surface area contributed by atoms with Crippen LogP contribution in [0.25, 0.3) is 38.6 Å². The molecular formula is C33H35N11O3S. The molecule has 6 heterocycles. The number of likely N-dealkylation sites (tertiary alicyclic amines) is 1. The summed E-state index contributed by atoms with van der Waals surface area (Å²) >= 11 is 1.46. The predicted molar refractivity (Wildman–Crippen MR) is 180 cm³/mol. The number of carbonyl (C=O) groups excluding carboxylic acids is 2. The minimum atomic E-state index is -0.622. The molecule has 3 aliphatic rings. The van der Waals surface area contributed by atoms with E-state index < -0.39 is 5.41 Å². The van der Waals surface area contributed by atoms with Gasteiger partial charge in [0.25, 0.3) is 0 Å². The highest BCUT2D eigenvalue weighted by Gasteiger charge is 2.41. The normalized spacial score (nSPS) is 19.9. The van der Waals surface area contributed by atoms with Crippen LogP contribution in [0.5, 0.6) is 5.88 Å². The molecule has 0 bridgehead atoms. The number of rotatable bonds is 9. The Bertz CT molecular complexity index is 2030. The van der Waals surface area contributed by atoms with E-state index in [0.29, 0.717) is 61.4 Å². The Hall–Kier alpha value is -5.02. The van der Waals surface area contributed by atoms with Crippen LogP contribution in [-0.2, 0) is 16.6 Å². The molecule has 1 saturated carbocycles. The number of ether oxygens (including phenoxy) is 1. The highest BCUT2D eigenvalue weighted by atomic mass is 32.1. The van der Waals surface area contributed by atoms with Crippen molar-refractivity contribution in [3.8, 4) is 28.0 Å². The molecule has 1 atom stereocenters. The van der Waals surface area contributed by atoms with E-state index in [1.807, 2.05) is 49.2 Å². The first-order valence-corrected chi connectivity index (χ1v) is 16.9. The Kier molecular flexibility index (Phi) is 7.71. The zero-order chi connectivity index (χ0) is 32.8. The topological polar surface area (TPSA) is 160 Å². The molecule has 1 aromatic carbocycles. The van der Waals surface area contributed by atoms with Gasteiger partial charge < -0.3 is 15.0 Å². The van der Waals surface area contributed by atoms with Crippen LogP contribution < -0.4 is 10.1 Å². The molecule has 48 heavy (non-hydrogen) atoms. The number of pyridine rings is 1. The summed E-state index contributed by atoms with van der Waals surface area (Å²) in [6.07, 6.45) is 9.27. The van der Waals surface area contributed by atoms with Gasteiger partial charge >= 0.3 is 0 Å². The second-order valence-electron chi connectivity index (χ2n) is 13.0. The standard InChI is InChI=1S/C33H35N11O3S/c1-33(32(46)36-22-4-7-25-24(15-22)28(38-37-25)21-3-8-26(34-16-21)47-23-5-6-23)11-14-43(18-33)17-27(45)44-12-9-20(10-13-44)30-39-40-31(48-30)29-35-19-42(2)41-29/h3-4,7-9,15-16,19,23H,5-6,10-14,17-18H2,1-2H3,(H,36,46)(H,37,38)/t33-/m1/s1. The zero-order valence-corrected chi connectivity index (χ0v) is 27.5. The lowest BCUT2D eigenvalue weighted by atomic mass is 9.88. The summed E-state index contributed by atoms with van der Waals surface area (Å²) in [6.45, 7) is 4.57. The number of H-pyrrole nitrogens is 1. The van der Waals surface area contributed by atoms with E-state index in [0.717, 1.165) is 45.6 Å². The number of nitrogens with zero attached hydrogens (tertiary/aromatic N) is 9. The van der Waals surface area contributed by atoms with Crippen molar-refractivity contribution in [1.29, 1.82) is 0 Å². The summed E-state index contributed by atoms with van der Waals surface area (Å²) in [7, 11) is 1.81. The van der Waals surface area contributed by atoms with E-state index in [9.17, 15) is 9.59 Å². The molecule has 4 aromatic heterocycles. The first kappa shape index (κ1) is 30.3. The number of hydrogen-bond donors (Lipinski definition) is 2. The molecular weight excluding hydrogens is 631 g/mol. The Morgan fingerprint density at radius 1 is 1.12 bits per heavy atom. The molecule has 0 spiro atoms. The number of benzene rings is 1. The second-order valence-corrected chi connectivity index (χ2v) is 14.0. The van der Waals surface area contributed by atoms with Crippen LogP contribution in [0.1, 0.15) is 37.6 Å². The Morgan fingerprint density at radius 2 is 2.00 bits per heavy atom. The summed E-state index contributed by atoms with van der Waals surface area (Å²) in [5, 5.41) is 26.0. The monoisotopic (exact) mass is 665 g/mol. The number of fused-ring (bicyclic) bond motifs is 1. The molecule has 2 amide bonds. The third-order valence-corrected chi connectivity index (χ3v) is 10.1. The van der Waals surface area contributed by atoms with Crippen molar-refractivity contribution in [2.24, 2.45) is 12.5 Å². The van der Waals surface area contributed by atoms with Crippen molar-refractivity contribution in [2.75, 3.05) is 38.0 Å². The lowest BCUT2D eigenvalue weighted by Gasteiger charge is -2.28. The van der Waals surface area contributed by atoms with E-state index in [-0.39, 0.29) is 24.5 Å². The maximum Gasteiger partial charge on any atom is 0.237 e. The van der Waals surface area contributed by atoms with Crippen molar-refractivity contribution in [3.05, 3.63) is 53.9 Å². The number of amides is 2. The maximum atomic E-state index is 13.6. The molecule has 0 unspecified atom stereocenters. The molecule has 15 heteroatoms. The molecule has 2 N–H and O–H groups in total. The highest BCUT2D eigenvalue weighted by Crippen LogP contribution is 2.34. The number of hydrogen-bond acceptors (Lipinski definition) is 11. The van der Waals surface area contributed by atoms with Gasteiger partial charge in [-0.25, -0.2) is 9.97 Å². The zero-order valence-electron chi connectivity index (χ0n) is 26.7. The fourth-order valence-corrected chi connectivity index (χ4v) is 7.03. The quantitative estimate of drug-likeness (QED) is 0.237. The molecule has 0 radical (unpaired) electrons. The number of carbonyl (C=O) groups is 2. The second kappa shape index (κ2) is 12.2. The third kappa shape index (κ3) is 6.18. The average Bonchev–Trinajstić information content (AvgIpc) is 3.47. The van der Waals surface area contributed by atoms with Gasteiger partial charge in [-0.1, -0.05) is 17.4 Å². The van der Waals surface area contributed by atoms with E-state index in [4.69, 9.17) is 4.74 Å². The number of aryl methyl sites for hydroxylation is 1. The Labute approximate surface area is 280 Å². The van der Waals surface area contributed by atoms with E-state index in [2.05, 4.69) is 51.8 Å². The van der Waals surface area contributed by atoms with Crippen LogP contribution >= 0.6 is 11.3 Å². The third-order valence-electron chi connectivity index (χ3n) is 9.15. The molecule has 1 saturated heterocycles. The van der Waals surface area contributed by atoms with Crippen LogP contribution in [0.15, 0.2) is 48.9 Å². The summed E-state index contributed by atoms with van der Waals surface area (Å²) in [5.74, 6) is 1.18. The largest absolute Gasteiger partial charge is 0.474 e. The van der Waals surface area contributed by atoms with Crippen molar-refractivity contribution in [1.82, 2.24) is 49.9 Å². The lowest BCUT2D eigenvalue weighted by Crippen LogP contribution is -2.43. The van der Waals surface area contributed by atoms with E-state index >= 15 is 0 Å². The number of aromatic amines is 1. The molecule has 1 aliphatic carbocycles. The molecule has 246 valence electrons. The highest BCUT2D eigenvalue weighted by molar-refractivity contribution is 7.15. The summed E-state index contributed by atoms with van der Waals surface area (Å²) < 4.78 is 7.41. The smallest absolute Gasteiger partial charge is 0.237 e. The lowest BCUT2D eigenvalue weighted by molar-refractivity contribution is -0.132. The first-order valence-electron chi connectivity index (χ1n) is 16.1. The summed E-state index contributed by atoms with van der Waals surface area (Å²) in [5.41, 5.74) is 3.65. The summed E-state index contributed by atoms with van der Waals surface area (Å²) in [6, 6.07) is 9.56. The van der Waals surface area contributed by atoms with Crippen molar-refractivity contribution < 1.29 is 14.3 Å². The van der Waals surface area contributed by atoms with E-state index in [1.165, 1.54) is 11.3 Å². The molecule has 14 nitrogen and oxygen atoms in total. The predicted octanol–water partition coefficient (Wildman–Crippen LogP) is 3.78. The molecule has 2 aliphatic heterocycles. The van der Waals surface area contributed by atoms with Gasteiger partial charge in [-0.3, -0.25) is 24.3 Å². The molecule has 5 aromatic rings. The van der Waals surface area contributed by atoms with Crippen LogP contribution in [0.2, 0.25) is 0 Å². The fraction of sp³-hybridized carbons (Fsp3) is 0.394. The number of aromatic nitrogens is 8. The number of anilines is 1. The SMILES string of the molecule is Cn1cnc(-c2nnc(C3=CCN(C(=O)CN4CC[C@@](C)(C(=O)Nc5ccc6[nH]nc(-c7ccc(OC8CC8)nc7)c6c5)C4)CC3)s2)n1. The minimum absolute atomic E-state index is 0.0603. The van der Waals surface area contributed by atoms with Gasteiger partial charge in [0.05, 0.1) is 17.5 Å². The van der Waals surface area contributed by atoms with Gasteiger partial charge in [0, 0.05) is 55.6 Å². The van der Waals surface area contributed by atoms with Crippen LogP contribution in [0.3, 0.4) is 0 Å². The molecule has 2 fully saturated rings. The number of nitrogens with one attached hydrogen (secondary N) is 2. The van der Waals surface area contributed by atoms with Gasteiger partial charge in [0.15, 0.2) is 5.01 Å². The van der Waals surface area contributed by atoms with E-state index in [1.54, 1.807) is 17.2 Å². The Morgan fingerprint density at radius 3 is 2.75 bits per heavy atom. The minimum Gasteiger partial charge on any atom is -0.474 e.